The quantitative estimate of drug-likeness (QED) is 0.164. The van der Waals surface area contributed by atoms with Gasteiger partial charge in [-0.2, -0.15) is 0 Å². The highest BCUT2D eigenvalue weighted by molar-refractivity contribution is 7.91. The Kier molecular flexibility index (Phi) is 10.4. The normalized spacial score (nSPS) is 14.7. The van der Waals surface area contributed by atoms with E-state index in [1.165, 1.54) is 30.6 Å². The molecule has 216 valence electrons. The van der Waals surface area contributed by atoms with Crippen LogP contribution in [-0.4, -0.2) is 87.7 Å². The molecule has 3 aromatic rings. The lowest BCUT2D eigenvalue weighted by Crippen LogP contribution is -2.25. The number of ether oxygens (including phenoxy) is 1. The van der Waals surface area contributed by atoms with Gasteiger partial charge in [0.2, 0.25) is 0 Å². The van der Waals surface area contributed by atoms with Crippen molar-refractivity contribution in [2.24, 2.45) is 5.16 Å². The fraction of sp³-hybridized carbons (Fsp3) is 0.481. The Balaban J connectivity index is 1.52. The zero-order valence-corrected chi connectivity index (χ0v) is 24.7. The summed E-state index contributed by atoms with van der Waals surface area (Å²) >= 11 is 1.26. The zero-order chi connectivity index (χ0) is 28.5. The Morgan fingerprint density at radius 3 is 2.58 bits per heavy atom. The molecule has 2 aromatic heterocycles. The van der Waals surface area contributed by atoms with Gasteiger partial charge < -0.3 is 19.8 Å². The first-order chi connectivity index (χ1) is 19.2. The first kappa shape index (κ1) is 29.8. The molecule has 1 amide bonds. The van der Waals surface area contributed by atoms with Crippen LogP contribution < -0.4 is 10.6 Å². The number of carbonyl (C=O) groups is 1. The Hall–Kier alpha value is -3.13. The van der Waals surface area contributed by atoms with Crippen LogP contribution in [0.3, 0.4) is 0 Å². The summed E-state index contributed by atoms with van der Waals surface area (Å²) in [6.45, 7) is 1.99. The molecule has 0 spiro atoms. The van der Waals surface area contributed by atoms with Gasteiger partial charge >= 0.3 is 0 Å². The van der Waals surface area contributed by atoms with E-state index in [2.05, 4.69) is 30.7 Å². The van der Waals surface area contributed by atoms with E-state index in [1.54, 1.807) is 12.1 Å². The lowest BCUT2D eigenvalue weighted by Gasteiger charge is -2.11. The summed E-state index contributed by atoms with van der Waals surface area (Å²) in [4.78, 5) is 31.2. The van der Waals surface area contributed by atoms with Gasteiger partial charge in [-0.25, -0.2) is 18.4 Å². The van der Waals surface area contributed by atoms with E-state index in [-0.39, 0.29) is 22.5 Å². The minimum Gasteiger partial charge on any atom is -0.392 e. The van der Waals surface area contributed by atoms with E-state index < -0.39 is 15.7 Å². The largest absolute Gasteiger partial charge is 0.392 e. The van der Waals surface area contributed by atoms with E-state index in [1.807, 2.05) is 26.2 Å². The molecule has 13 heteroatoms. The highest BCUT2D eigenvalue weighted by atomic mass is 32.2. The van der Waals surface area contributed by atoms with Crippen LogP contribution in [0.15, 0.2) is 46.4 Å². The molecule has 0 radical (unpaired) electrons. The predicted molar refractivity (Wildman–Crippen MR) is 158 cm³/mol. The van der Waals surface area contributed by atoms with Crippen molar-refractivity contribution >= 4 is 54.1 Å². The highest BCUT2D eigenvalue weighted by Crippen LogP contribution is 2.26. The molecule has 1 aliphatic carbocycles. The van der Waals surface area contributed by atoms with Gasteiger partial charge in [0.25, 0.3) is 5.91 Å². The SMILES string of the molecule is COCCCS(=O)(=O)c1ccc(/C(=N\OC2CCCC2)C(=O)Nc2nc3ccc(NCCN(C)C)nc3s2)cc1. The molecule has 0 aliphatic heterocycles. The summed E-state index contributed by atoms with van der Waals surface area (Å²) in [6.07, 6.45) is 4.23. The number of fused-ring (bicyclic) bond motifs is 1. The number of aromatic nitrogens is 2. The molecule has 0 saturated heterocycles. The third-order valence-electron chi connectivity index (χ3n) is 6.40. The molecular weight excluding hydrogens is 552 g/mol. The number of rotatable bonds is 14. The van der Waals surface area contributed by atoms with Crippen LogP contribution in [-0.2, 0) is 24.2 Å². The van der Waals surface area contributed by atoms with Crippen molar-refractivity contribution in [1.29, 1.82) is 0 Å². The fourth-order valence-corrected chi connectivity index (χ4v) is 6.33. The number of benzene rings is 1. The Labute approximate surface area is 238 Å². The number of carbonyl (C=O) groups excluding carboxylic acids is 1. The molecule has 11 nitrogen and oxygen atoms in total. The summed E-state index contributed by atoms with van der Waals surface area (Å²) in [5.74, 6) is 0.211. The van der Waals surface area contributed by atoms with Crippen LogP contribution in [0.2, 0.25) is 0 Å². The molecule has 1 saturated carbocycles. The van der Waals surface area contributed by atoms with Gasteiger partial charge in [0, 0.05) is 32.4 Å². The average molecular weight is 589 g/mol. The molecule has 2 heterocycles. The molecule has 1 aliphatic rings. The summed E-state index contributed by atoms with van der Waals surface area (Å²) in [5, 5.41) is 10.7. The van der Waals surface area contributed by atoms with E-state index in [0.29, 0.717) is 34.1 Å². The number of pyridine rings is 1. The van der Waals surface area contributed by atoms with Crippen LogP contribution in [0.4, 0.5) is 10.9 Å². The lowest BCUT2D eigenvalue weighted by atomic mass is 10.1. The molecule has 0 unspecified atom stereocenters. The summed E-state index contributed by atoms with van der Waals surface area (Å²) < 4.78 is 30.3. The summed E-state index contributed by atoms with van der Waals surface area (Å²) in [7, 11) is 2.08. The number of oxime groups is 1. The van der Waals surface area contributed by atoms with Crippen molar-refractivity contribution in [3.63, 3.8) is 0 Å². The second-order valence-electron chi connectivity index (χ2n) is 9.87. The molecule has 2 N–H and O–H groups in total. The number of methoxy groups -OCH3 is 1. The van der Waals surface area contributed by atoms with Gasteiger partial charge in [0.05, 0.1) is 10.6 Å². The maximum Gasteiger partial charge on any atom is 0.280 e. The van der Waals surface area contributed by atoms with Gasteiger partial charge in [-0.1, -0.05) is 28.6 Å². The van der Waals surface area contributed by atoms with Crippen molar-refractivity contribution in [3.8, 4) is 0 Å². The maximum atomic E-state index is 13.4. The van der Waals surface area contributed by atoms with Crippen LogP contribution in [0.5, 0.6) is 0 Å². The number of anilines is 2. The number of likely N-dealkylation sites (N-methyl/N-ethyl adjacent to an activating group) is 1. The standard InChI is InChI=1S/C27H36N6O5S2/c1-33(2)16-15-28-23-14-13-22-26(30-23)39-27(29-22)31-25(34)24(32-38-20-7-4-5-8-20)19-9-11-21(12-10-19)40(35,36)18-6-17-37-3/h9-14,20H,4-8,15-18H2,1-3H3,(H,28,30)(H,29,31,34)/b32-24+. The monoisotopic (exact) mass is 588 g/mol. The van der Waals surface area contributed by atoms with Gasteiger partial charge in [0.15, 0.2) is 20.7 Å². The van der Waals surface area contributed by atoms with Gasteiger partial charge in [0.1, 0.15) is 22.3 Å². The van der Waals surface area contributed by atoms with Crippen molar-refractivity contribution in [2.75, 3.05) is 57.3 Å². The molecular formula is C27H36N6O5S2. The van der Waals surface area contributed by atoms with Crippen LogP contribution in [0, 0.1) is 0 Å². The zero-order valence-electron chi connectivity index (χ0n) is 23.1. The molecule has 40 heavy (non-hydrogen) atoms. The minimum absolute atomic E-state index is 0.0229. The van der Waals surface area contributed by atoms with Crippen molar-refractivity contribution < 1.29 is 22.8 Å². The predicted octanol–water partition coefficient (Wildman–Crippen LogP) is 3.78. The number of thiazole rings is 1. The second kappa shape index (κ2) is 14.0. The molecule has 1 aromatic carbocycles. The first-order valence-electron chi connectivity index (χ1n) is 13.3. The average Bonchev–Trinajstić information content (AvgIpc) is 3.58. The van der Waals surface area contributed by atoms with Gasteiger partial charge in [-0.15, -0.1) is 0 Å². The van der Waals surface area contributed by atoms with E-state index in [9.17, 15) is 13.2 Å². The van der Waals surface area contributed by atoms with Crippen LogP contribution in [0.25, 0.3) is 10.3 Å². The minimum atomic E-state index is -3.47. The fourth-order valence-electron chi connectivity index (χ4n) is 4.21. The number of nitrogens with zero attached hydrogens (tertiary/aromatic N) is 4. The maximum absolute atomic E-state index is 13.4. The summed E-state index contributed by atoms with van der Waals surface area (Å²) in [6, 6.07) is 9.84. The van der Waals surface area contributed by atoms with Crippen molar-refractivity contribution in [2.45, 2.75) is 43.1 Å². The molecule has 0 atom stereocenters. The smallest absolute Gasteiger partial charge is 0.280 e. The van der Waals surface area contributed by atoms with Gasteiger partial charge in [-0.05, 0) is 70.5 Å². The number of hydrogen-bond donors (Lipinski definition) is 2. The van der Waals surface area contributed by atoms with E-state index in [4.69, 9.17) is 9.57 Å². The van der Waals surface area contributed by atoms with Crippen LogP contribution >= 0.6 is 11.3 Å². The third-order valence-corrected chi connectivity index (χ3v) is 9.10. The first-order valence-corrected chi connectivity index (χ1v) is 15.8. The third kappa shape index (κ3) is 8.19. The molecule has 4 rings (SSSR count). The second-order valence-corrected chi connectivity index (χ2v) is 13.0. The van der Waals surface area contributed by atoms with Crippen molar-refractivity contribution in [3.05, 3.63) is 42.0 Å². The lowest BCUT2D eigenvalue weighted by molar-refractivity contribution is -0.110. The van der Waals surface area contributed by atoms with Crippen LogP contribution in [0.1, 0.15) is 37.7 Å². The molecule has 1 fully saturated rings. The number of nitrogens with one attached hydrogen (secondary N) is 2. The number of sulfone groups is 1. The van der Waals surface area contributed by atoms with Gasteiger partial charge in [-0.3, -0.25) is 10.1 Å². The van der Waals surface area contributed by atoms with Crippen molar-refractivity contribution in [1.82, 2.24) is 14.9 Å². The Bertz CT molecular complexity index is 1420. The topological polar surface area (TPSA) is 135 Å². The molecule has 0 bridgehead atoms. The summed E-state index contributed by atoms with van der Waals surface area (Å²) in [5.41, 5.74) is 1.16. The Morgan fingerprint density at radius 2 is 1.88 bits per heavy atom. The highest BCUT2D eigenvalue weighted by Gasteiger charge is 2.22. The van der Waals surface area contributed by atoms with E-state index in [0.717, 1.165) is 44.6 Å². The Morgan fingerprint density at radius 1 is 1.12 bits per heavy atom. The number of amides is 1. The number of hydrogen-bond acceptors (Lipinski definition) is 11. The van der Waals surface area contributed by atoms with E-state index >= 15 is 0 Å².